The number of hydrogen-bond donors (Lipinski definition) is 1. The summed E-state index contributed by atoms with van der Waals surface area (Å²) in [5, 5.41) is 9.13. The van der Waals surface area contributed by atoms with Crippen LogP contribution in [0, 0.1) is 5.41 Å². The standard InChI is InChI=1S/C16H22O3/c1-15(2,14(17)18)10-12-4-6-13(7-5-12)11-16(19-3)8-9-16/h4-7H,8-11H2,1-3H3,(H,17,18). The van der Waals surface area contributed by atoms with E-state index in [0.29, 0.717) is 6.42 Å². The molecule has 0 radical (unpaired) electrons. The molecule has 1 N–H and O–H groups in total. The summed E-state index contributed by atoms with van der Waals surface area (Å²) in [4.78, 5) is 11.1. The van der Waals surface area contributed by atoms with Crippen molar-refractivity contribution in [3.63, 3.8) is 0 Å². The van der Waals surface area contributed by atoms with E-state index in [1.54, 1.807) is 21.0 Å². The Labute approximate surface area is 114 Å². The normalized spacial score (nSPS) is 17.2. The van der Waals surface area contributed by atoms with Gasteiger partial charge in [0.25, 0.3) is 0 Å². The largest absolute Gasteiger partial charge is 0.481 e. The fourth-order valence-electron chi connectivity index (χ4n) is 2.33. The average Bonchev–Trinajstić information content (AvgIpc) is 3.12. The lowest BCUT2D eigenvalue weighted by Crippen LogP contribution is -2.26. The topological polar surface area (TPSA) is 46.5 Å². The highest BCUT2D eigenvalue weighted by Gasteiger charge is 2.42. The number of carboxylic acid groups (broad SMARTS) is 1. The Morgan fingerprint density at radius 3 is 2.21 bits per heavy atom. The van der Waals surface area contributed by atoms with Gasteiger partial charge < -0.3 is 9.84 Å². The molecule has 0 unspecified atom stereocenters. The van der Waals surface area contributed by atoms with Gasteiger partial charge in [0.1, 0.15) is 0 Å². The first-order valence-electron chi connectivity index (χ1n) is 6.73. The number of carbonyl (C=O) groups is 1. The van der Waals surface area contributed by atoms with E-state index in [1.165, 1.54) is 5.56 Å². The number of aliphatic carboxylic acids is 1. The zero-order valence-electron chi connectivity index (χ0n) is 11.9. The second-order valence-electron chi connectivity index (χ2n) is 6.25. The smallest absolute Gasteiger partial charge is 0.309 e. The molecule has 19 heavy (non-hydrogen) atoms. The van der Waals surface area contributed by atoms with Crippen LogP contribution in [0.5, 0.6) is 0 Å². The van der Waals surface area contributed by atoms with Crippen LogP contribution in [0.3, 0.4) is 0 Å². The highest BCUT2D eigenvalue weighted by Crippen LogP contribution is 2.41. The van der Waals surface area contributed by atoms with Gasteiger partial charge in [-0.2, -0.15) is 0 Å². The van der Waals surface area contributed by atoms with Crippen LogP contribution < -0.4 is 0 Å². The second kappa shape index (κ2) is 4.97. The van der Waals surface area contributed by atoms with E-state index in [0.717, 1.165) is 24.8 Å². The maximum absolute atomic E-state index is 11.1. The highest BCUT2D eigenvalue weighted by atomic mass is 16.5. The molecule has 104 valence electrons. The summed E-state index contributed by atoms with van der Waals surface area (Å²) in [6.45, 7) is 3.51. The van der Waals surface area contributed by atoms with Crippen molar-refractivity contribution in [3.8, 4) is 0 Å². The minimum atomic E-state index is -0.757. The summed E-state index contributed by atoms with van der Waals surface area (Å²) >= 11 is 0. The fourth-order valence-corrected chi connectivity index (χ4v) is 2.33. The van der Waals surface area contributed by atoms with Crippen LogP contribution in [0.2, 0.25) is 0 Å². The minimum absolute atomic E-state index is 0.0713. The first-order valence-corrected chi connectivity index (χ1v) is 6.73. The summed E-state index contributed by atoms with van der Waals surface area (Å²) < 4.78 is 5.52. The molecule has 1 aromatic rings. The molecule has 0 saturated heterocycles. The molecule has 0 aromatic heterocycles. The van der Waals surface area contributed by atoms with E-state index >= 15 is 0 Å². The molecule has 2 rings (SSSR count). The summed E-state index contributed by atoms with van der Waals surface area (Å²) in [7, 11) is 1.77. The number of rotatable bonds is 6. The Bertz CT molecular complexity index is 455. The van der Waals surface area contributed by atoms with Crippen molar-refractivity contribution in [1.82, 2.24) is 0 Å². The zero-order valence-corrected chi connectivity index (χ0v) is 11.9. The van der Waals surface area contributed by atoms with Gasteiger partial charge in [-0.25, -0.2) is 0 Å². The van der Waals surface area contributed by atoms with Crippen LogP contribution in [0.4, 0.5) is 0 Å². The number of benzene rings is 1. The molecule has 3 heteroatoms. The van der Waals surface area contributed by atoms with Gasteiger partial charge in [-0.1, -0.05) is 24.3 Å². The minimum Gasteiger partial charge on any atom is -0.481 e. The lowest BCUT2D eigenvalue weighted by atomic mass is 9.85. The van der Waals surface area contributed by atoms with Crippen molar-refractivity contribution < 1.29 is 14.6 Å². The first-order chi connectivity index (χ1) is 8.87. The lowest BCUT2D eigenvalue weighted by Gasteiger charge is -2.19. The van der Waals surface area contributed by atoms with Gasteiger partial charge in [0.2, 0.25) is 0 Å². The summed E-state index contributed by atoms with van der Waals surface area (Å²) in [5.74, 6) is -0.757. The summed E-state index contributed by atoms with van der Waals surface area (Å²) in [6.07, 6.45) is 3.78. The third-order valence-corrected chi connectivity index (χ3v) is 4.01. The third kappa shape index (κ3) is 3.35. The fraction of sp³-hybridized carbons (Fsp3) is 0.562. The van der Waals surface area contributed by atoms with Crippen LogP contribution in [0.1, 0.15) is 37.8 Å². The number of methoxy groups -OCH3 is 1. The maximum atomic E-state index is 11.1. The molecule has 0 amide bonds. The Morgan fingerprint density at radius 1 is 1.26 bits per heavy atom. The number of carboxylic acids is 1. The van der Waals surface area contributed by atoms with E-state index in [2.05, 4.69) is 12.1 Å². The van der Waals surface area contributed by atoms with Gasteiger partial charge in [0.15, 0.2) is 0 Å². The van der Waals surface area contributed by atoms with Crippen molar-refractivity contribution in [2.45, 2.75) is 45.1 Å². The monoisotopic (exact) mass is 262 g/mol. The van der Waals surface area contributed by atoms with Gasteiger partial charge in [-0.15, -0.1) is 0 Å². The molecule has 0 aliphatic heterocycles. The van der Waals surface area contributed by atoms with Crippen LogP contribution in [-0.4, -0.2) is 23.8 Å². The molecule has 1 aliphatic rings. The van der Waals surface area contributed by atoms with Gasteiger partial charge in [-0.3, -0.25) is 4.79 Å². The van der Waals surface area contributed by atoms with Gasteiger partial charge in [-0.05, 0) is 44.2 Å². The van der Waals surface area contributed by atoms with Crippen LogP contribution >= 0.6 is 0 Å². The third-order valence-electron chi connectivity index (χ3n) is 4.01. The van der Waals surface area contributed by atoms with Crippen LogP contribution in [0.15, 0.2) is 24.3 Å². The Kier molecular flexibility index (Phi) is 3.68. The van der Waals surface area contributed by atoms with Gasteiger partial charge in [0.05, 0.1) is 11.0 Å². The van der Waals surface area contributed by atoms with Crippen molar-refractivity contribution in [2.75, 3.05) is 7.11 Å². The average molecular weight is 262 g/mol. The molecule has 1 fully saturated rings. The molecule has 1 aromatic carbocycles. The SMILES string of the molecule is COC1(Cc2ccc(CC(C)(C)C(=O)O)cc2)CC1. The highest BCUT2D eigenvalue weighted by molar-refractivity contribution is 5.74. The predicted octanol–water partition coefficient (Wildman–Crippen LogP) is 3.06. The van der Waals surface area contributed by atoms with Crippen LogP contribution in [-0.2, 0) is 22.4 Å². The van der Waals surface area contributed by atoms with Crippen molar-refractivity contribution in [1.29, 1.82) is 0 Å². The van der Waals surface area contributed by atoms with Crippen molar-refractivity contribution in [3.05, 3.63) is 35.4 Å². The van der Waals surface area contributed by atoms with E-state index in [1.807, 2.05) is 12.1 Å². The quantitative estimate of drug-likeness (QED) is 0.857. The number of hydrogen-bond acceptors (Lipinski definition) is 2. The van der Waals surface area contributed by atoms with Gasteiger partial charge in [0, 0.05) is 13.5 Å². The van der Waals surface area contributed by atoms with E-state index < -0.39 is 11.4 Å². The first kappa shape index (κ1) is 14.1. The van der Waals surface area contributed by atoms with Crippen molar-refractivity contribution in [2.24, 2.45) is 5.41 Å². The van der Waals surface area contributed by atoms with Crippen LogP contribution in [0.25, 0.3) is 0 Å². The lowest BCUT2D eigenvalue weighted by molar-refractivity contribution is -0.146. The molecular weight excluding hydrogens is 240 g/mol. The molecule has 1 saturated carbocycles. The summed E-state index contributed by atoms with van der Waals surface area (Å²) in [5.41, 5.74) is 1.68. The molecule has 1 aliphatic carbocycles. The molecule has 0 bridgehead atoms. The van der Waals surface area contributed by atoms with Gasteiger partial charge >= 0.3 is 5.97 Å². The molecule has 0 atom stereocenters. The predicted molar refractivity (Wildman–Crippen MR) is 74.2 cm³/mol. The zero-order chi connectivity index (χ0) is 14.1. The van der Waals surface area contributed by atoms with Crippen molar-refractivity contribution >= 4 is 5.97 Å². The second-order valence-corrected chi connectivity index (χ2v) is 6.25. The molecule has 0 heterocycles. The molecule has 0 spiro atoms. The Hall–Kier alpha value is -1.35. The van der Waals surface area contributed by atoms with E-state index in [9.17, 15) is 4.79 Å². The summed E-state index contributed by atoms with van der Waals surface area (Å²) in [6, 6.07) is 8.25. The number of ether oxygens (including phenoxy) is 1. The molecular formula is C16H22O3. The Balaban J connectivity index is 2.01. The maximum Gasteiger partial charge on any atom is 0.309 e. The Morgan fingerprint density at radius 2 is 1.79 bits per heavy atom. The molecule has 3 nitrogen and oxygen atoms in total. The van der Waals surface area contributed by atoms with E-state index in [4.69, 9.17) is 9.84 Å². The van der Waals surface area contributed by atoms with E-state index in [-0.39, 0.29) is 5.60 Å².